The van der Waals surface area contributed by atoms with Gasteiger partial charge < -0.3 is 16.4 Å². The number of nitrogens with zero attached hydrogens (tertiary/aromatic N) is 2. The van der Waals surface area contributed by atoms with Gasteiger partial charge in [-0.05, 0) is 30.3 Å². The third-order valence-electron chi connectivity index (χ3n) is 3.03. The van der Waals surface area contributed by atoms with Gasteiger partial charge in [0, 0.05) is 12.7 Å². The van der Waals surface area contributed by atoms with Crippen molar-refractivity contribution in [2.24, 2.45) is 5.73 Å². The predicted molar refractivity (Wildman–Crippen MR) is 78.6 cm³/mol. The van der Waals surface area contributed by atoms with E-state index in [1.165, 1.54) is 0 Å². The molecule has 0 saturated heterocycles. The van der Waals surface area contributed by atoms with Gasteiger partial charge in [0.2, 0.25) is 0 Å². The molecular formula is C15H14N4O. The first-order valence-corrected chi connectivity index (χ1v) is 5.96. The molecule has 0 aliphatic carbocycles. The highest BCUT2D eigenvalue weighted by molar-refractivity contribution is 6.00. The highest BCUT2D eigenvalue weighted by atomic mass is 16.1. The van der Waals surface area contributed by atoms with Crippen molar-refractivity contribution in [1.29, 1.82) is 5.26 Å². The quantitative estimate of drug-likeness (QED) is 0.830. The van der Waals surface area contributed by atoms with Gasteiger partial charge >= 0.3 is 0 Å². The monoisotopic (exact) mass is 266 g/mol. The number of anilines is 3. The minimum absolute atomic E-state index is 0.356. The maximum atomic E-state index is 11.5. The van der Waals surface area contributed by atoms with Crippen LogP contribution in [0.3, 0.4) is 0 Å². The summed E-state index contributed by atoms with van der Waals surface area (Å²) in [6.45, 7) is 0. The van der Waals surface area contributed by atoms with Crippen LogP contribution in [0.4, 0.5) is 17.1 Å². The molecule has 0 atom stereocenters. The number of nitrogen functional groups attached to an aromatic ring is 1. The molecule has 0 unspecified atom stereocenters. The molecular weight excluding hydrogens is 252 g/mol. The number of hydrogen-bond donors (Lipinski definition) is 2. The van der Waals surface area contributed by atoms with Crippen LogP contribution in [0.25, 0.3) is 0 Å². The molecule has 0 bridgehead atoms. The van der Waals surface area contributed by atoms with E-state index < -0.39 is 5.91 Å². The first kappa shape index (κ1) is 13.4. The molecule has 4 N–H and O–H groups in total. The molecule has 0 aliphatic rings. The summed E-state index contributed by atoms with van der Waals surface area (Å²) in [6.07, 6.45) is 0. The molecule has 0 fully saturated rings. The van der Waals surface area contributed by atoms with E-state index in [1.807, 2.05) is 6.07 Å². The van der Waals surface area contributed by atoms with E-state index in [-0.39, 0.29) is 0 Å². The fourth-order valence-corrected chi connectivity index (χ4v) is 2.02. The molecule has 5 nitrogen and oxygen atoms in total. The molecule has 100 valence electrons. The Labute approximate surface area is 117 Å². The Bertz CT molecular complexity index is 703. The number of primary amides is 1. The van der Waals surface area contributed by atoms with Gasteiger partial charge in [-0.2, -0.15) is 5.26 Å². The average Bonchev–Trinajstić information content (AvgIpc) is 2.46. The lowest BCUT2D eigenvalue weighted by molar-refractivity contribution is 0.100. The van der Waals surface area contributed by atoms with E-state index in [1.54, 1.807) is 48.3 Å². The summed E-state index contributed by atoms with van der Waals surface area (Å²) in [6, 6.07) is 14.1. The van der Waals surface area contributed by atoms with E-state index in [9.17, 15) is 4.79 Å². The third kappa shape index (κ3) is 2.40. The molecule has 2 rings (SSSR count). The van der Waals surface area contributed by atoms with Crippen molar-refractivity contribution in [2.45, 2.75) is 0 Å². The van der Waals surface area contributed by atoms with Crippen molar-refractivity contribution < 1.29 is 4.79 Å². The number of nitriles is 1. The fraction of sp³-hybridized carbons (Fsp3) is 0.0667. The average molecular weight is 266 g/mol. The minimum Gasteiger partial charge on any atom is -0.399 e. The third-order valence-corrected chi connectivity index (χ3v) is 3.03. The Balaban J connectivity index is 2.59. The highest BCUT2D eigenvalue weighted by Gasteiger charge is 2.15. The maximum absolute atomic E-state index is 11.5. The molecule has 0 spiro atoms. The van der Waals surface area contributed by atoms with Crippen LogP contribution in [-0.2, 0) is 0 Å². The summed E-state index contributed by atoms with van der Waals surface area (Å²) in [5.41, 5.74) is 13.8. The van der Waals surface area contributed by atoms with Gasteiger partial charge in [0.15, 0.2) is 0 Å². The standard InChI is InChI=1S/C15H14N4O/c1-19(13-5-3-2-4-10(13)9-16)14-8-11(17)6-7-12(14)15(18)20/h2-8H,17H2,1H3,(H2,18,20). The summed E-state index contributed by atoms with van der Waals surface area (Å²) < 4.78 is 0. The Morgan fingerprint density at radius 1 is 1.20 bits per heavy atom. The molecule has 5 heteroatoms. The second-order valence-corrected chi connectivity index (χ2v) is 4.33. The minimum atomic E-state index is -0.540. The lowest BCUT2D eigenvalue weighted by Crippen LogP contribution is -2.19. The summed E-state index contributed by atoms with van der Waals surface area (Å²) in [5, 5.41) is 9.15. The summed E-state index contributed by atoms with van der Waals surface area (Å²) >= 11 is 0. The number of para-hydroxylation sites is 1. The number of carbonyl (C=O) groups is 1. The van der Waals surface area contributed by atoms with Gasteiger partial charge in [0.25, 0.3) is 5.91 Å². The summed E-state index contributed by atoms with van der Waals surface area (Å²) in [4.78, 5) is 13.2. The Kier molecular flexibility index (Phi) is 3.58. The number of nitrogens with two attached hydrogens (primary N) is 2. The van der Waals surface area contributed by atoms with Crippen molar-refractivity contribution in [3.63, 3.8) is 0 Å². The molecule has 0 radical (unpaired) electrons. The summed E-state index contributed by atoms with van der Waals surface area (Å²) in [7, 11) is 1.76. The van der Waals surface area contributed by atoms with Gasteiger partial charge in [0.1, 0.15) is 6.07 Å². The van der Waals surface area contributed by atoms with Crippen molar-refractivity contribution in [1.82, 2.24) is 0 Å². The van der Waals surface area contributed by atoms with Crippen molar-refractivity contribution in [2.75, 3.05) is 17.7 Å². The Morgan fingerprint density at radius 2 is 1.90 bits per heavy atom. The second kappa shape index (κ2) is 5.33. The van der Waals surface area contributed by atoms with Crippen LogP contribution in [0.1, 0.15) is 15.9 Å². The van der Waals surface area contributed by atoms with Crippen LogP contribution in [-0.4, -0.2) is 13.0 Å². The van der Waals surface area contributed by atoms with Crippen molar-refractivity contribution in [3.05, 3.63) is 53.6 Å². The molecule has 2 aromatic rings. The van der Waals surface area contributed by atoms with Gasteiger partial charge in [-0.3, -0.25) is 4.79 Å². The molecule has 1 amide bonds. The number of rotatable bonds is 3. The van der Waals surface area contributed by atoms with Crippen LogP contribution in [0.2, 0.25) is 0 Å². The van der Waals surface area contributed by atoms with E-state index in [4.69, 9.17) is 16.7 Å². The van der Waals surface area contributed by atoms with Gasteiger partial charge in [-0.15, -0.1) is 0 Å². The number of carbonyl (C=O) groups excluding carboxylic acids is 1. The number of amides is 1. The Morgan fingerprint density at radius 3 is 2.55 bits per heavy atom. The van der Waals surface area contributed by atoms with Gasteiger partial charge in [-0.25, -0.2) is 0 Å². The van der Waals surface area contributed by atoms with Gasteiger partial charge in [-0.1, -0.05) is 12.1 Å². The normalized spacial score (nSPS) is 9.80. The number of benzene rings is 2. The van der Waals surface area contributed by atoms with Crippen LogP contribution in [0.5, 0.6) is 0 Å². The van der Waals surface area contributed by atoms with E-state index >= 15 is 0 Å². The molecule has 0 saturated carbocycles. The van der Waals surface area contributed by atoms with Crippen LogP contribution in [0, 0.1) is 11.3 Å². The van der Waals surface area contributed by atoms with E-state index in [0.29, 0.717) is 28.2 Å². The Hall–Kier alpha value is -3.00. The van der Waals surface area contributed by atoms with E-state index in [0.717, 1.165) is 0 Å². The van der Waals surface area contributed by atoms with Gasteiger partial charge in [0.05, 0.1) is 22.5 Å². The first-order valence-electron chi connectivity index (χ1n) is 5.96. The smallest absolute Gasteiger partial charge is 0.250 e. The first-order chi connectivity index (χ1) is 9.54. The molecule has 0 heterocycles. The van der Waals surface area contributed by atoms with E-state index in [2.05, 4.69) is 6.07 Å². The van der Waals surface area contributed by atoms with Crippen molar-refractivity contribution in [3.8, 4) is 6.07 Å². The molecule has 0 aromatic heterocycles. The zero-order valence-electron chi connectivity index (χ0n) is 11.0. The molecule has 2 aromatic carbocycles. The van der Waals surface area contributed by atoms with Crippen LogP contribution in [0.15, 0.2) is 42.5 Å². The zero-order chi connectivity index (χ0) is 14.7. The van der Waals surface area contributed by atoms with Crippen molar-refractivity contribution >= 4 is 23.0 Å². The molecule has 0 aliphatic heterocycles. The highest BCUT2D eigenvalue weighted by Crippen LogP contribution is 2.30. The van der Waals surface area contributed by atoms with Crippen LogP contribution >= 0.6 is 0 Å². The van der Waals surface area contributed by atoms with Crippen LogP contribution < -0.4 is 16.4 Å². The fourth-order valence-electron chi connectivity index (χ4n) is 2.02. The lowest BCUT2D eigenvalue weighted by Gasteiger charge is -2.23. The SMILES string of the molecule is CN(c1ccccc1C#N)c1cc(N)ccc1C(N)=O. The maximum Gasteiger partial charge on any atom is 0.250 e. The predicted octanol–water partition coefficient (Wildman–Crippen LogP) is 2.01. The second-order valence-electron chi connectivity index (χ2n) is 4.33. The zero-order valence-corrected chi connectivity index (χ0v) is 11.0. The largest absolute Gasteiger partial charge is 0.399 e. The number of hydrogen-bond acceptors (Lipinski definition) is 4. The topological polar surface area (TPSA) is 96.1 Å². The lowest BCUT2D eigenvalue weighted by atomic mass is 10.1. The molecule has 20 heavy (non-hydrogen) atoms. The summed E-state index contributed by atoms with van der Waals surface area (Å²) in [5.74, 6) is -0.540.